The topological polar surface area (TPSA) is 112 Å². The van der Waals surface area contributed by atoms with Crippen LogP contribution < -0.4 is 11.1 Å². The number of carbonyl (C=O) groups is 1. The van der Waals surface area contributed by atoms with E-state index in [-0.39, 0.29) is 11.9 Å². The number of hydrogen-bond donors (Lipinski definition) is 4. The van der Waals surface area contributed by atoms with E-state index in [4.69, 9.17) is 5.73 Å². The second-order valence-electron chi connectivity index (χ2n) is 5.70. The van der Waals surface area contributed by atoms with Gasteiger partial charge in [-0.25, -0.2) is 9.97 Å². The van der Waals surface area contributed by atoms with Gasteiger partial charge in [0.25, 0.3) is 5.91 Å². The van der Waals surface area contributed by atoms with E-state index in [1.165, 1.54) is 5.56 Å². The molecule has 5 N–H and O–H groups in total. The number of nitrogens with zero attached hydrogens (tertiary/aromatic N) is 2. The van der Waals surface area contributed by atoms with Crippen LogP contribution in [0, 0.1) is 0 Å². The van der Waals surface area contributed by atoms with Gasteiger partial charge in [0.1, 0.15) is 5.52 Å². The maximum Gasteiger partial charge on any atom is 0.260 e. The monoisotopic (exact) mass is 332 g/mol. The third kappa shape index (κ3) is 3.07. The number of nitrogens with one attached hydrogen (secondary N) is 3. The van der Waals surface area contributed by atoms with E-state index in [1.54, 1.807) is 18.3 Å². The van der Waals surface area contributed by atoms with Crippen molar-refractivity contribution in [2.75, 3.05) is 11.1 Å². The second-order valence-corrected chi connectivity index (χ2v) is 5.70. The average molecular weight is 332 g/mol. The Morgan fingerprint density at radius 2 is 1.92 bits per heavy atom. The number of nitrogens with two attached hydrogens (primary N) is 1. The predicted molar refractivity (Wildman–Crippen MR) is 96.3 cm³/mol. The molecule has 0 atom stereocenters. The van der Waals surface area contributed by atoms with E-state index in [0.717, 1.165) is 17.6 Å². The largest absolute Gasteiger partial charge is 0.369 e. The number of aromatic amines is 2. The minimum Gasteiger partial charge on any atom is -0.369 e. The van der Waals surface area contributed by atoms with Gasteiger partial charge in [0.2, 0.25) is 5.95 Å². The molecule has 0 saturated carbocycles. The number of anilines is 2. The first-order valence-corrected chi connectivity index (χ1v) is 7.82. The van der Waals surface area contributed by atoms with Gasteiger partial charge >= 0.3 is 0 Å². The molecule has 124 valence electrons. The molecule has 0 aliphatic rings. The molecule has 2 aromatic heterocycles. The highest BCUT2D eigenvalue weighted by Gasteiger charge is 2.14. The number of nitrogen functional groups attached to an aromatic ring is 1. The van der Waals surface area contributed by atoms with Crippen LogP contribution in [-0.4, -0.2) is 25.8 Å². The molecule has 0 bridgehead atoms. The Hall–Kier alpha value is -3.61. The first kappa shape index (κ1) is 14.9. The van der Waals surface area contributed by atoms with Crippen LogP contribution in [0.4, 0.5) is 11.9 Å². The molecule has 4 aromatic rings. The standard InChI is InChI=1S/C18H16N6O/c19-17-22-14-8-4-7-13(15(14)23-17)16(25)24-18-20-10-12(21-18)9-11-5-2-1-3-6-11/h1-8,10H,9H2,(H3,19,22,23)(H2,20,21,24,25). The molecule has 0 aliphatic heterocycles. The van der Waals surface area contributed by atoms with Gasteiger partial charge in [-0.05, 0) is 17.7 Å². The van der Waals surface area contributed by atoms with Crippen LogP contribution in [0.5, 0.6) is 0 Å². The number of amides is 1. The number of rotatable bonds is 4. The molecule has 0 unspecified atom stereocenters. The Kier molecular flexibility index (Phi) is 3.66. The molecular formula is C18H16N6O. The van der Waals surface area contributed by atoms with Crippen molar-refractivity contribution in [1.29, 1.82) is 0 Å². The van der Waals surface area contributed by atoms with Crippen LogP contribution in [0.1, 0.15) is 21.6 Å². The van der Waals surface area contributed by atoms with Crippen molar-refractivity contribution in [3.05, 3.63) is 71.5 Å². The van der Waals surface area contributed by atoms with E-state index >= 15 is 0 Å². The predicted octanol–water partition coefficient (Wildman–Crippen LogP) is 2.71. The fourth-order valence-corrected chi connectivity index (χ4v) is 2.74. The summed E-state index contributed by atoms with van der Waals surface area (Å²) >= 11 is 0. The zero-order chi connectivity index (χ0) is 17.2. The fourth-order valence-electron chi connectivity index (χ4n) is 2.74. The number of H-pyrrole nitrogens is 2. The lowest BCUT2D eigenvalue weighted by Crippen LogP contribution is -2.13. The highest BCUT2D eigenvalue weighted by Crippen LogP contribution is 2.18. The third-order valence-corrected chi connectivity index (χ3v) is 3.87. The molecule has 2 aromatic carbocycles. The van der Waals surface area contributed by atoms with Crippen molar-refractivity contribution in [2.45, 2.75) is 6.42 Å². The summed E-state index contributed by atoms with van der Waals surface area (Å²) < 4.78 is 0. The van der Waals surface area contributed by atoms with Crippen molar-refractivity contribution in [1.82, 2.24) is 19.9 Å². The Labute approximate surface area is 143 Å². The lowest BCUT2D eigenvalue weighted by atomic mass is 10.1. The summed E-state index contributed by atoms with van der Waals surface area (Å²) in [6.45, 7) is 0. The van der Waals surface area contributed by atoms with Crippen LogP contribution in [0.25, 0.3) is 11.0 Å². The molecule has 0 aliphatic carbocycles. The number of para-hydroxylation sites is 1. The summed E-state index contributed by atoms with van der Waals surface area (Å²) in [6.07, 6.45) is 2.44. The molecule has 1 amide bonds. The first-order chi connectivity index (χ1) is 12.2. The molecule has 2 heterocycles. The van der Waals surface area contributed by atoms with E-state index in [9.17, 15) is 4.79 Å². The molecule has 0 spiro atoms. The summed E-state index contributed by atoms with van der Waals surface area (Å²) in [5.41, 5.74) is 9.45. The molecule has 0 radical (unpaired) electrons. The Morgan fingerprint density at radius 3 is 2.76 bits per heavy atom. The van der Waals surface area contributed by atoms with E-state index in [2.05, 4.69) is 25.3 Å². The van der Waals surface area contributed by atoms with Gasteiger partial charge in [-0.15, -0.1) is 0 Å². The van der Waals surface area contributed by atoms with Gasteiger partial charge in [0.15, 0.2) is 5.95 Å². The molecule has 7 nitrogen and oxygen atoms in total. The van der Waals surface area contributed by atoms with Gasteiger partial charge in [0, 0.05) is 12.1 Å². The van der Waals surface area contributed by atoms with Crippen molar-refractivity contribution in [3.63, 3.8) is 0 Å². The Morgan fingerprint density at radius 1 is 1.08 bits per heavy atom. The van der Waals surface area contributed by atoms with Gasteiger partial charge in [-0.3, -0.25) is 10.1 Å². The molecule has 0 fully saturated rings. The normalized spacial score (nSPS) is 10.9. The van der Waals surface area contributed by atoms with Crippen LogP contribution in [0.3, 0.4) is 0 Å². The van der Waals surface area contributed by atoms with Gasteiger partial charge in [0.05, 0.1) is 17.3 Å². The van der Waals surface area contributed by atoms with Crippen molar-refractivity contribution in [3.8, 4) is 0 Å². The van der Waals surface area contributed by atoms with Crippen LogP contribution in [0.15, 0.2) is 54.7 Å². The van der Waals surface area contributed by atoms with Crippen molar-refractivity contribution < 1.29 is 4.79 Å². The van der Waals surface area contributed by atoms with E-state index in [1.807, 2.05) is 36.4 Å². The van der Waals surface area contributed by atoms with Crippen LogP contribution >= 0.6 is 0 Å². The van der Waals surface area contributed by atoms with Gasteiger partial charge in [-0.2, -0.15) is 0 Å². The van der Waals surface area contributed by atoms with Gasteiger partial charge < -0.3 is 15.7 Å². The highest BCUT2D eigenvalue weighted by atomic mass is 16.1. The fraction of sp³-hybridized carbons (Fsp3) is 0.0556. The maximum absolute atomic E-state index is 12.5. The van der Waals surface area contributed by atoms with Gasteiger partial charge in [-0.1, -0.05) is 36.4 Å². The number of hydrogen-bond acceptors (Lipinski definition) is 4. The number of fused-ring (bicyclic) bond motifs is 1. The first-order valence-electron chi connectivity index (χ1n) is 7.82. The van der Waals surface area contributed by atoms with E-state index in [0.29, 0.717) is 17.0 Å². The van der Waals surface area contributed by atoms with Crippen LogP contribution in [-0.2, 0) is 6.42 Å². The summed E-state index contributed by atoms with van der Waals surface area (Å²) in [5, 5.41) is 2.77. The molecule has 0 saturated heterocycles. The summed E-state index contributed by atoms with van der Waals surface area (Å²) in [4.78, 5) is 27.0. The SMILES string of the molecule is Nc1nc2c(C(=O)Nc3ncc(Cc4ccccc4)[nH]3)cccc2[nH]1. The Bertz CT molecular complexity index is 1030. The number of benzene rings is 2. The molecular weight excluding hydrogens is 316 g/mol. The second kappa shape index (κ2) is 6.12. The number of imidazole rings is 2. The summed E-state index contributed by atoms with van der Waals surface area (Å²) in [7, 11) is 0. The van der Waals surface area contributed by atoms with Crippen molar-refractivity contribution >= 4 is 28.8 Å². The molecule has 4 rings (SSSR count). The average Bonchev–Trinajstić information content (AvgIpc) is 3.20. The maximum atomic E-state index is 12.5. The Balaban J connectivity index is 1.53. The van der Waals surface area contributed by atoms with Crippen LogP contribution in [0.2, 0.25) is 0 Å². The number of aromatic nitrogens is 4. The van der Waals surface area contributed by atoms with Crippen molar-refractivity contribution in [2.24, 2.45) is 0 Å². The molecule has 7 heteroatoms. The third-order valence-electron chi connectivity index (χ3n) is 3.87. The highest BCUT2D eigenvalue weighted by molar-refractivity contribution is 6.11. The number of carbonyl (C=O) groups excluding carboxylic acids is 1. The van der Waals surface area contributed by atoms with E-state index < -0.39 is 0 Å². The quantitative estimate of drug-likeness (QED) is 0.460. The zero-order valence-corrected chi connectivity index (χ0v) is 13.3. The summed E-state index contributed by atoms with van der Waals surface area (Å²) in [5.74, 6) is 0.382. The lowest BCUT2D eigenvalue weighted by molar-refractivity contribution is 0.102. The lowest BCUT2D eigenvalue weighted by Gasteiger charge is -2.03. The minimum absolute atomic E-state index is 0.276. The molecule has 25 heavy (non-hydrogen) atoms. The minimum atomic E-state index is -0.294. The zero-order valence-electron chi connectivity index (χ0n) is 13.3. The summed E-state index contributed by atoms with van der Waals surface area (Å²) in [6, 6.07) is 15.3. The smallest absolute Gasteiger partial charge is 0.260 e.